The molecule has 0 saturated carbocycles. The molecule has 22 valence electrons. The van der Waals surface area contributed by atoms with Gasteiger partial charge in [0.15, 0.2) is 0 Å². The highest BCUT2D eigenvalue weighted by Gasteiger charge is 1.50. The highest BCUT2D eigenvalue weighted by Crippen LogP contribution is 1.50. The Hall–Kier alpha value is 0.340. The Kier molecular flexibility index (Phi) is 3.62. The predicted octanol–water partition coefficient (Wildman–Crippen LogP) is 0.341. The van der Waals surface area contributed by atoms with E-state index in [2.05, 4.69) is 17.7 Å². The number of hydrogen-bond donors (Lipinski definition) is 0. The van der Waals surface area contributed by atoms with Crippen LogP contribution in [0, 0.1) is 0 Å². The molecule has 4 heavy (non-hydrogen) atoms. The molecule has 0 saturated heterocycles. The van der Waals surface area contributed by atoms with E-state index in [1.165, 1.54) is 0 Å². The first-order valence-electron chi connectivity index (χ1n) is 1.00. The Morgan fingerprint density at radius 1 is 1.00 bits per heavy atom. The molecule has 0 radical (unpaired) electrons. The molecular formula is C2H6P2+2. The molecule has 0 heterocycles. The zero-order valence-electron chi connectivity index (χ0n) is 2.31. The number of hydrogen-bond acceptors (Lipinski definition) is 0. The smallest absolute Gasteiger partial charge is 0.0685 e. The monoisotopic (exact) mass is 92.0 g/mol. The lowest BCUT2D eigenvalue weighted by atomic mass is 11.0. The van der Waals surface area contributed by atoms with Crippen LogP contribution in [0.5, 0.6) is 0 Å². The first kappa shape index (κ1) is 4.34. The van der Waals surface area contributed by atoms with Gasteiger partial charge in [0.1, 0.15) is 11.6 Å². The fraction of sp³-hybridized carbons (Fsp3) is 0. The van der Waals surface area contributed by atoms with Crippen LogP contribution in [0.25, 0.3) is 0 Å². The molecule has 0 aromatic carbocycles. The zero-order valence-corrected chi connectivity index (χ0v) is 4.62. The minimum Gasteiger partial charge on any atom is 0.0685 e. The van der Waals surface area contributed by atoms with Crippen molar-refractivity contribution in [1.82, 2.24) is 0 Å². The van der Waals surface area contributed by atoms with Crippen molar-refractivity contribution >= 4 is 29.3 Å². The van der Waals surface area contributed by atoms with E-state index in [9.17, 15) is 0 Å². The minimum atomic E-state index is 1.88. The zero-order chi connectivity index (χ0) is 3.41. The Bertz CT molecular complexity index is 25.0. The van der Waals surface area contributed by atoms with E-state index in [4.69, 9.17) is 0 Å². The largest absolute Gasteiger partial charge is 0.144 e. The summed E-state index contributed by atoms with van der Waals surface area (Å²) in [6.45, 7) is 0. The summed E-state index contributed by atoms with van der Waals surface area (Å²) in [5.41, 5.74) is 0. The van der Waals surface area contributed by atoms with E-state index < -0.39 is 0 Å². The maximum Gasteiger partial charge on any atom is 0.144 e. The molecule has 0 aliphatic heterocycles. The SMILES string of the molecule is [PH2+]=CC=[PH2+]. The molecule has 0 amide bonds. The minimum absolute atomic E-state index is 1.88. The van der Waals surface area contributed by atoms with Gasteiger partial charge in [-0.3, -0.25) is 0 Å². The second-order valence-electron chi connectivity index (χ2n) is 0.385. The van der Waals surface area contributed by atoms with Crippen molar-refractivity contribution in [3.63, 3.8) is 0 Å². The van der Waals surface area contributed by atoms with Crippen molar-refractivity contribution in [1.29, 1.82) is 0 Å². The summed E-state index contributed by atoms with van der Waals surface area (Å²) in [7, 11) is 4.91. The summed E-state index contributed by atoms with van der Waals surface area (Å²) in [5.74, 6) is 3.76. The van der Waals surface area contributed by atoms with Gasteiger partial charge in [-0.15, -0.1) is 0 Å². The maximum atomic E-state index is 2.45. The summed E-state index contributed by atoms with van der Waals surface area (Å²) in [6.07, 6.45) is 0. The Labute approximate surface area is 30.3 Å². The van der Waals surface area contributed by atoms with E-state index in [-0.39, 0.29) is 0 Å². The third-order valence-corrected chi connectivity index (χ3v) is 1.00. The first-order valence-corrected chi connectivity index (χ1v) is 2.33. The van der Waals surface area contributed by atoms with E-state index >= 15 is 0 Å². The molecule has 0 rings (SSSR count). The third-order valence-electron chi connectivity index (χ3n) is 0.111. The van der Waals surface area contributed by atoms with Crippen LogP contribution in [0.1, 0.15) is 0 Å². The van der Waals surface area contributed by atoms with Crippen molar-refractivity contribution in [2.75, 3.05) is 0 Å². The lowest BCUT2D eigenvalue weighted by molar-refractivity contribution is 3.84. The van der Waals surface area contributed by atoms with Crippen LogP contribution in [0.3, 0.4) is 0 Å². The normalized spacial score (nSPS) is 5.00. The van der Waals surface area contributed by atoms with Crippen LogP contribution >= 0.6 is 17.7 Å². The van der Waals surface area contributed by atoms with E-state index in [1.54, 1.807) is 0 Å². The molecule has 0 aromatic heterocycles. The van der Waals surface area contributed by atoms with Crippen molar-refractivity contribution in [2.45, 2.75) is 0 Å². The summed E-state index contributed by atoms with van der Waals surface area (Å²) >= 11 is 0. The van der Waals surface area contributed by atoms with Gasteiger partial charge < -0.3 is 0 Å². The van der Waals surface area contributed by atoms with Crippen LogP contribution in [-0.2, 0) is 0 Å². The van der Waals surface area contributed by atoms with Gasteiger partial charge in [0.25, 0.3) is 0 Å². The Balaban J connectivity index is 2.73. The van der Waals surface area contributed by atoms with Crippen molar-refractivity contribution in [2.24, 2.45) is 0 Å². The molecular weight excluding hydrogens is 86.0 g/mol. The van der Waals surface area contributed by atoms with E-state index in [0.717, 1.165) is 0 Å². The van der Waals surface area contributed by atoms with Gasteiger partial charge in [-0.2, -0.15) is 0 Å². The lowest BCUT2D eigenvalue weighted by Gasteiger charge is -1.24. The van der Waals surface area contributed by atoms with E-state index in [1.807, 2.05) is 11.6 Å². The average Bonchev–Trinajstić information content (AvgIpc) is 1.37. The van der Waals surface area contributed by atoms with Crippen LogP contribution in [0.4, 0.5) is 0 Å². The molecule has 0 bridgehead atoms. The maximum absolute atomic E-state index is 2.45. The highest BCUT2D eigenvalue weighted by atomic mass is 31.0. The van der Waals surface area contributed by atoms with Crippen molar-refractivity contribution in [3.8, 4) is 0 Å². The van der Waals surface area contributed by atoms with Crippen LogP contribution < -0.4 is 0 Å². The second-order valence-corrected chi connectivity index (χ2v) is 1.15. The van der Waals surface area contributed by atoms with Crippen molar-refractivity contribution in [3.05, 3.63) is 0 Å². The van der Waals surface area contributed by atoms with Gasteiger partial charge in [0, 0.05) is 0 Å². The summed E-state index contributed by atoms with van der Waals surface area (Å²) in [5, 5.41) is 0. The fourth-order valence-electron chi connectivity index (χ4n) is 0. The van der Waals surface area contributed by atoms with Crippen LogP contribution in [0.2, 0.25) is 0 Å². The second kappa shape index (κ2) is 3.34. The fourth-order valence-corrected chi connectivity index (χ4v) is 0. The van der Waals surface area contributed by atoms with Crippen LogP contribution in [0.15, 0.2) is 0 Å². The van der Waals surface area contributed by atoms with Crippen LogP contribution in [-0.4, -0.2) is 11.6 Å². The molecule has 0 aliphatic carbocycles. The molecule has 0 N–H and O–H groups in total. The van der Waals surface area contributed by atoms with Gasteiger partial charge in [-0.05, 0) is 0 Å². The summed E-state index contributed by atoms with van der Waals surface area (Å²) < 4.78 is 0. The van der Waals surface area contributed by atoms with Gasteiger partial charge in [-0.1, -0.05) is 0 Å². The van der Waals surface area contributed by atoms with Gasteiger partial charge in [-0.25, -0.2) is 0 Å². The first-order chi connectivity index (χ1) is 1.91. The lowest BCUT2D eigenvalue weighted by Crippen LogP contribution is -1.49. The molecule has 0 aliphatic rings. The molecule has 0 fully saturated rings. The third kappa shape index (κ3) is 2.34. The van der Waals surface area contributed by atoms with Gasteiger partial charge in [0.05, 0.1) is 17.7 Å². The molecule has 2 atom stereocenters. The standard InChI is InChI=1S/C2H4P2/c3-1-2-4/h1-4H/p+2. The van der Waals surface area contributed by atoms with E-state index in [0.29, 0.717) is 0 Å². The topological polar surface area (TPSA) is 0 Å². The number of rotatable bonds is 1. The molecule has 0 spiro atoms. The predicted molar refractivity (Wildman–Crippen MR) is 31.5 cm³/mol. The average molecular weight is 92.0 g/mol. The molecule has 0 aromatic rings. The summed E-state index contributed by atoms with van der Waals surface area (Å²) in [4.78, 5) is 0. The quantitative estimate of drug-likeness (QED) is 0.409. The Morgan fingerprint density at radius 3 is 1.25 bits per heavy atom. The highest BCUT2D eigenvalue weighted by molar-refractivity contribution is 7.31. The van der Waals surface area contributed by atoms with Crippen molar-refractivity contribution < 1.29 is 0 Å². The molecule has 2 unspecified atom stereocenters. The molecule has 0 nitrogen and oxygen atoms in total. The summed E-state index contributed by atoms with van der Waals surface area (Å²) in [6, 6.07) is 0. The van der Waals surface area contributed by atoms with Gasteiger partial charge in [0.2, 0.25) is 0 Å². The van der Waals surface area contributed by atoms with Gasteiger partial charge >= 0.3 is 0 Å². The molecule has 2 heteroatoms. The Morgan fingerprint density at radius 2 is 1.25 bits per heavy atom.